The molecule has 5 heteroatoms. The molecule has 74 valence electrons. The highest BCUT2D eigenvalue weighted by atomic mass is 35.5. The third-order valence-corrected chi connectivity index (χ3v) is 1.61. The van der Waals surface area contributed by atoms with Gasteiger partial charge in [-0.05, 0) is 12.1 Å². The Hall–Kier alpha value is -1.19. The van der Waals surface area contributed by atoms with Gasteiger partial charge in [0.1, 0.15) is 16.5 Å². The van der Waals surface area contributed by atoms with Gasteiger partial charge >= 0.3 is 0 Å². The molecule has 14 heavy (non-hydrogen) atoms. The van der Waals surface area contributed by atoms with E-state index in [9.17, 15) is 4.79 Å². The van der Waals surface area contributed by atoms with Crippen molar-refractivity contribution < 1.29 is 9.53 Å². The van der Waals surface area contributed by atoms with Crippen molar-refractivity contribution >= 4 is 29.1 Å². The van der Waals surface area contributed by atoms with Gasteiger partial charge in [-0.25, -0.2) is 0 Å². The van der Waals surface area contributed by atoms with E-state index in [-0.39, 0.29) is 10.1 Å². The highest BCUT2D eigenvalue weighted by Gasteiger charge is 2.06. The molecule has 0 unspecified atom stereocenters. The van der Waals surface area contributed by atoms with Crippen LogP contribution in [-0.4, -0.2) is 5.91 Å². The number of ether oxygens (including phenoxy) is 1. The monoisotopic (exact) mass is 231 g/mol. The smallest absolute Gasteiger partial charge is 0.252 e. The van der Waals surface area contributed by atoms with Gasteiger partial charge in [-0.15, -0.1) is 0 Å². The van der Waals surface area contributed by atoms with E-state index in [1.165, 1.54) is 0 Å². The van der Waals surface area contributed by atoms with Crippen molar-refractivity contribution in [1.29, 1.82) is 0 Å². The zero-order valence-corrected chi connectivity index (χ0v) is 8.55. The van der Waals surface area contributed by atoms with E-state index in [1.807, 2.05) is 0 Å². The summed E-state index contributed by atoms with van der Waals surface area (Å²) in [5.74, 6) is -0.251. The minimum absolute atomic E-state index is 0.0377. The van der Waals surface area contributed by atoms with Crippen molar-refractivity contribution in [3.05, 3.63) is 40.6 Å². The molecule has 0 aliphatic carbocycles. The van der Waals surface area contributed by atoms with E-state index in [0.29, 0.717) is 5.75 Å². The predicted molar refractivity (Wildman–Crippen MR) is 55.4 cm³/mol. The van der Waals surface area contributed by atoms with Crippen molar-refractivity contribution in [1.82, 2.24) is 0 Å². The van der Waals surface area contributed by atoms with Crippen molar-refractivity contribution in [2.45, 2.75) is 0 Å². The number of carbonyl (C=O) groups is 1. The molecular formula is C9H7Cl2NO2. The Morgan fingerprint density at radius 2 is 2.00 bits per heavy atom. The van der Waals surface area contributed by atoms with E-state index >= 15 is 0 Å². The third-order valence-electron chi connectivity index (χ3n) is 1.43. The Labute approximate surface area is 91.1 Å². The number of rotatable bonds is 3. The lowest BCUT2D eigenvalue weighted by atomic mass is 10.2. The summed E-state index contributed by atoms with van der Waals surface area (Å²) in [6.45, 7) is 0. The van der Waals surface area contributed by atoms with Gasteiger partial charge in [0.15, 0.2) is 0 Å². The van der Waals surface area contributed by atoms with Gasteiger partial charge in [0.2, 0.25) is 0 Å². The molecule has 0 radical (unpaired) electrons. The van der Waals surface area contributed by atoms with Gasteiger partial charge in [-0.1, -0.05) is 35.3 Å². The maximum absolute atomic E-state index is 10.9. The second kappa shape index (κ2) is 4.88. The normalized spacial score (nSPS) is 9.29. The average molecular weight is 232 g/mol. The first-order valence-electron chi connectivity index (χ1n) is 3.68. The summed E-state index contributed by atoms with van der Waals surface area (Å²) in [5.41, 5.74) is 5.39. The maximum atomic E-state index is 10.9. The molecule has 0 aliphatic heterocycles. The standard InChI is InChI=1S/C9H7Cl2NO2/c10-8(11)5-14-7-4-2-1-3-6(7)9(12)13/h1-5H,(H2,12,13). The van der Waals surface area contributed by atoms with Crippen LogP contribution < -0.4 is 10.5 Å². The number of hydrogen-bond donors (Lipinski definition) is 1. The zero-order valence-electron chi connectivity index (χ0n) is 7.04. The summed E-state index contributed by atoms with van der Waals surface area (Å²) in [5, 5.41) is 0. The first-order valence-corrected chi connectivity index (χ1v) is 4.43. The Balaban J connectivity index is 2.96. The molecule has 0 heterocycles. The van der Waals surface area contributed by atoms with Crippen molar-refractivity contribution in [2.24, 2.45) is 5.73 Å². The van der Waals surface area contributed by atoms with Crippen LogP contribution in [0.3, 0.4) is 0 Å². The largest absolute Gasteiger partial charge is 0.462 e. The molecule has 1 aromatic rings. The number of nitrogens with two attached hydrogens (primary N) is 1. The Morgan fingerprint density at radius 3 is 2.57 bits per heavy atom. The number of benzene rings is 1. The number of primary amides is 1. The van der Waals surface area contributed by atoms with Gasteiger partial charge in [-0.2, -0.15) is 0 Å². The topological polar surface area (TPSA) is 52.3 Å². The molecule has 2 N–H and O–H groups in total. The summed E-state index contributed by atoms with van der Waals surface area (Å²) < 4.78 is 5.00. The Bertz CT molecular complexity index is 373. The van der Waals surface area contributed by atoms with Crippen LogP contribution in [0.4, 0.5) is 0 Å². The highest BCUT2D eigenvalue weighted by Crippen LogP contribution is 2.18. The van der Waals surface area contributed by atoms with Crippen molar-refractivity contribution in [3.63, 3.8) is 0 Å². The molecule has 0 bridgehead atoms. The summed E-state index contributed by atoms with van der Waals surface area (Å²) in [6.07, 6.45) is 1.12. The van der Waals surface area contributed by atoms with Gasteiger partial charge in [0, 0.05) is 0 Å². The summed E-state index contributed by atoms with van der Waals surface area (Å²) in [7, 11) is 0. The van der Waals surface area contributed by atoms with Crippen LogP contribution in [0, 0.1) is 0 Å². The molecule has 0 saturated heterocycles. The molecule has 0 saturated carbocycles. The first-order chi connectivity index (χ1) is 6.61. The van der Waals surface area contributed by atoms with Crippen LogP contribution in [0.2, 0.25) is 0 Å². The van der Waals surface area contributed by atoms with Crippen molar-refractivity contribution in [2.75, 3.05) is 0 Å². The molecule has 1 amide bonds. The molecule has 1 rings (SSSR count). The fourth-order valence-electron chi connectivity index (χ4n) is 0.881. The molecule has 3 nitrogen and oxygen atoms in total. The minimum Gasteiger partial charge on any atom is -0.462 e. The van der Waals surface area contributed by atoms with Crippen molar-refractivity contribution in [3.8, 4) is 5.75 Å². The van der Waals surface area contributed by atoms with E-state index in [1.54, 1.807) is 24.3 Å². The second-order valence-corrected chi connectivity index (χ2v) is 3.39. The lowest BCUT2D eigenvalue weighted by molar-refractivity contribution is 0.0998. The van der Waals surface area contributed by atoms with E-state index in [2.05, 4.69) is 0 Å². The summed E-state index contributed by atoms with van der Waals surface area (Å²) in [6, 6.07) is 6.53. The van der Waals surface area contributed by atoms with E-state index in [0.717, 1.165) is 6.26 Å². The Kier molecular flexibility index (Phi) is 3.80. The van der Waals surface area contributed by atoms with Gasteiger partial charge < -0.3 is 10.5 Å². The maximum Gasteiger partial charge on any atom is 0.252 e. The first kappa shape index (κ1) is 10.9. The fourth-order valence-corrected chi connectivity index (χ4v) is 0.970. The van der Waals surface area contributed by atoms with Crippen LogP contribution in [0.5, 0.6) is 5.75 Å². The Morgan fingerprint density at radius 1 is 1.36 bits per heavy atom. The molecular weight excluding hydrogens is 225 g/mol. The van der Waals surface area contributed by atoms with E-state index in [4.69, 9.17) is 33.7 Å². The molecule has 0 fully saturated rings. The molecule has 0 aromatic heterocycles. The number of carbonyl (C=O) groups excluding carboxylic acids is 1. The number of amides is 1. The second-order valence-electron chi connectivity index (χ2n) is 2.39. The number of hydrogen-bond acceptors (Lipinski definition) is 2. The lowest BCUT2D eigenvalue weighted by Crippen LogP contribution is -2.11. The quantitative estimate of drug-likeness (QED) is 0.813. The molecule has 0 spiro atoms. The van der Waals surface area contributed by atoms with E-state index < -0.39 is 5.91 Å². The van der Waals surface area contributed by atoms with Crippen LogP contribution in [-0.2, 0) is 0 Å². The highest BCUT2D eigenvalue weighted by molar-refractivity contribution is 6.55. The SMILES string of the molecule is NC(=O)c1ccccc1OC=C(Cl)Cl. The number of para-hydroxylation sites is 1. The number of halogens is 2. The summed E-state index contributed by atoms with van der Waals surface area (Å²) in [4.78, 5) is 10.9. The zero-order chi connectivity index (χ0) is 10.6. The molecule has 0 aliphatic rings. The molecule has 1 aromatic carbocycles. The van der Waals surface area contributed by atoms with Crippen LogP contribution >= 0.6 is 23.2 Å². The third kappa shape index (κ3) is 2.94. The average Bonchev–Trinajstić information content (AvgIpc) is 2.15. The van der Waals surface area contributed by atoms with Crippen LogP contribution in [0.1, 0.15) is 10.4 Å². The minimum atomic E-state index is -0.570. The fraction of sp³-hybridized carbons (Fsp3) is 0. The van der Waals surface area contributed by atoms with Gasteiger partial charge in [0.25, 0.3) is 5.91 Å². The van der Waals surface area contributed by atoms with Gasteiger partial charge in [-0.3, -0.25) is 4.79 Å². The molecule has 0 atom stereocenters. The predicted octanol–water partition coefficient (Wildman–Crippen LogP) is 2.44. The van der Waals surface area contributed by atoms with Gasteiger partial charge in [0.05, 0.1) is 5.56 Å². The van der Waals surface area contributed by atoms with Crippen LogP contribution in [0.25, 0.3) is 0 Å². The lowest BCUT2D eigenvalue weighted by Gasteiger charge is -2.04. The summed E-state index contributed by atoms with van der Waals surface area (Å²) >= 11 is 10.7. The van der Waals surface area contributed by atoms with Crippen LogP contribution in [0.15, 0.2) is 35.0 Å².